The number of hydrogen-bond acceptors (Lipinski definition) is 4. The first-order valence-electron chi connectivity index (χ1n) is 7.40. The van der Waals surface area contributed by atoms with Crippen molar-refractivity contribution in [2.24, 2.45) is 0 Å². The third-order valence-corrected chi connectivity index (χ3v) is 5.71. The lowest BCUT2D eigenvalue weighted by molar-refractivity contribution is 0.303. The Balaban J connectivity index is 1.38. The molecule has 0 saturated carbocycles. The second-order valence-electron chi connectivity index (χ2n) is 5.14. The molecule has 0 atom stereocenters. The highest BCUT2D eigenvalue weighted by molar-refractivity contribution is 7.99. The highest BCUT2D eigenvalue weighted by Gasteiger charge is 2.12. The average Bonchev–Trinajstić information content (AvgIpc) is 3.08. The molecule has 0 spiro atoms. The minimum Gasteiger partial charge on any atom is -0.299 e. The van der Waals surface area contributed by atoms with Crippen molar-refractivity contribution in [3.63, 3.8) is 0 Å². The molecule has 0 radical (unpaired) electrons. The van der Waals surface area contributed by atoms with Gasteiger partial charge in [0.25, 0.3) is 0 Å². The normalized spacial score (nSPS) is 15.9. The molecular weight excluding hydrogens is 296 g/mol. The van der Waals surface area contributed by atoms with E-state index in [9.17, 15) is 0 Å². The summed E-state index contributed by atoms with van der Waals surface area (Å²) in [6, 6.07) is 8.55. The predicted molar refractivity (Wildman–Crippen MR) is 92.9 cm³/mol. The molecule has 110 valence electrons. The first kappa shape index (κ1) is 14.8. The summed E-state index contributed by atoms with van der Waals surface area (Å²) in [5, 5.41) is 2.17. The van der Waals surface area contributed by atoms with E-state index in [1.807, 2.05) is 35.5 Å². The number of pyridine rings is 1. The van der Waals surface area contributed by atoms with Gasteiger partial charge in [-0.25, -0.2) is 0 Å². The smallest absolute Gasteiger partial charge is 0.0300 e. The second-order valence-corrected chi connectivity index (χ2v) is 7.26. The molecular formula is C17H20N2S2. The maximum atomic E-state index is 4.05. The third-order valence-electron chi connectivity index (χ3n) is 3.67. The van der Waals surface area contributed by atoms with Crippen LogP contribution in [0.1, 0.15) is 17.7 Å². The van der Waals surface area contributed by atoms with Crippen molar-refractivity contribution in [3.05, 3.63) is 53.0 Å². The zero-order chi connectivity index (χ0) is 14.3. The summed E-state index contributed by atoms with van der Waals surface area (Å²) in [5.41, 5.74) is 1.53. The van der Waals surface area contributed by atoms with Crippen LogP contribution < -0.4 is 0 Å². The third kappa shape index (κ3) is 4.43. The summed E-state index contributed by atoms with van der Waals surface area (Å²) in [7, 11) is 0. The first-order valence-corrected chi connectivity index (χ1v) is 9.26. The van der Waals surface area contributed by atoms with Gasteiger partial charge in [0.05, 0.1) is 0 Å². The van der Waals surface area contributed by atoms with E-state index in [1.165, 1.54) is 47.0 Å². The van der Waals surface area contributed by atoms with Crippen molar-refractivity contribution in [1.29, 1.82) is 0 Å². The Labute approximate surface area is 134 Å². The van der Waals surface area contributed by atoms with Gasteiger partial charge in [-0.05, 0) is 54.3 Å². The van der Waals surface area contributed by atoms with E-state index in [0.717, 1.165) is 6.54 Å². The van der Waals surface area contributed by atoms with Crippen LogP contribution >= 0.6 is 23.1 Å². The molecule has 4 heteroatoms. The minimum atomic E-state index is 1.10. The molecule has 2 aromatic rings. The molecule has 1 aliphatic rings. The van der Waals surface area contributed by atoms with Gasteiger partial charge in [-0.2, -0.15) is 0 Å². The van der Waals surface area contributed by atoms with Gasteiger partial charge in [0.1, 0.15) is 0 Å². The Hall–Kier alpha value is -1.10. The molecule has 0 saturated heterocycles. The van der Waals surface area contributed by atoms with Crippen molar-refractivity contribution in [2.75, 3.05) is 25.4 Å². The Morgan fingerprint density at radius 1 is 1.24 bits per heavy atom. The maximum Gasteiger partial charge on any atom is 0.0300 e. The van der Waals surface area contributed by atoms with Crippen LogP contribution in [-0.2, 0) is 0 Å². The highest BCUT2D eigenvalue weighted by atomic mass is 32.2. The van der Waals surface area contributed by atoms with Crippen LogP contribution in [0.4, 0.5) is 0 Å². The number of nitrogens with zero attached hydrogens (tertiary/aromatic N) is 2. The fourth-order valence-corrected chi connectivity index (χ4v) is 4.13. The van der Waals surface area contributed by atoms with E-state index in [2.05, 4.69) is 45.6 Å². The van der Waals surface area contributed by atoms with Gasteiger partial charge < -0.3 is 0 Å². The molecule has 0 aromatic carbocycles. The predicted octanol–water partition coefficient (Wildman–Crippen LogP) is 4.41. The lowest BCUT2D eigenvalue weighted by Gasteiger charge is -2.25. The molecule has 3 rings (SSSR count). The van der Waals surface area contributed by atoms with Crippen molar-refractivity contribution >= 4 is 28.7 Å². The van der Waals surface area contributed by atoms with Gasteiger partial charge in [-0.3, -0.25) is 9.88 Å². The molecule has 21 heavy (non-hydrogen) atoms. The molecule has 3 heterocycles. The first-order chi connectivity index (χ1) is 10.4. The van der Waals surface area contributed by atoms with E-state index in [-0.39, 0.29) is 0 Å². The summed E-state index contributed by atoms with van der Waals surface area (Å²) >= 11 is 3.78. The van der Waals surface area contributed by atoms with Crippen LogP contribution in [0.3, 0.4) is 0 Å². The van der Waals surface area contributed by atoms with Crippen LogP contribution in [0.2, 0.25) is 0 Å². The minimum absolute atomic E-state index is 1.10. The summed E-state index contributed by atoms with van der Waals surface area (Å²) in [5.74, 6) is 1.18. The number of thioether (sulfide) groups is 1. The second kappa shape index (κ2) is 7.78. The van der Waals surface area contributed by atoms with E-state index in [1.54, 1.807) is 0 Å². The van der Waals surface area contributed by atoms with Crippen LogP contribution in [0.15, 0.2) is 53.0 Å². The lowest BCUT2D eigenvalue weighted by atomic mass is 10.1. The quantitative estimate of drug-likeness (QED) is 0.580. The van der Waals surface area contributed by atoms with E-state index < -0.39 is 0 Å². The van der Waals surface area contributed by atoms with Crippen molar-refractivity contribution in [2.45, 2.75) is 17.7 Å². The van der Waals surface area contributed by atoms with E-state index >= 15 is 0 Å². The van der Waals surface area contributed by atoms with Crippen LogP contribution in [-0.4, -0.2) is 35.3 Å². The van der Waals surface area contributed by atoms with Gasteiger partial charge in [0.2, 0.25) is 0 Å². The molecule has 0 aliphatic carbocycles. The maximum absolute atomic E-state index is 4.05. The Bertz CT molecular complexity index is 564. The average molecular weight is 316 g/mol. The largest absolute Gasteiger partial charge is 0.299 e. The number of hydrogen-bond donors (Lipinski definition) is 0. The molecule has 1 aliphatic heterocycles. The Morgan fingerprint density at radius 3 is 2.86 bits per heavy atom. The zero-order valence-corrected chi connectivity index (χ0v) is 13.7. The van der Waals surface area contributed by atoms with Crippen molar-refractivity contribution in [1.82, 2.24) is 9.88 Å². The van der Waals surface area contributed by atoms with E-state index in [4.69, 9.17) is 0 Å². The Kier molecular flexibility index (Phi) is 5.49. The molecule has 2 aromatic heterocycles. The van der Waals surface area contributed by atoms with Crippen LogP contribution in [0.25, 0.3) is 5.57 Å². The fraction of sp³-hybridized carbons (Fsp3) is 0.353. The summed E-state index contributed by atoms with van der Waals surface area (Å²) < 4.78 is 0. The van der Waals surface area contributed by atoms with Gasteiger partial charge in [-0.15, -0.1) is 23.1 Å². The zero-order valence-electron chi connectivity index (χ0n) is 12.1. The number of thiophene rings is 1. The van der Waals surface area contributed by atoms with Gasteiger partial charge in [0, 0.05) is 35.3 Å². The monoisotopic (exact) mass is 316 g/mol. The SMILES string of the molecule is C1=C(c2cccs2)CCN(CCCSc2ccncc2)C1. The van der Waals surface area contributed by atoms with Crippen molar-refractivity contribution < 1.29 is 0 Å². The number of rotatable bonds is 6. The summed E-state index contributed by atoms with van der Waals surface area (Å²) in [6.07, 6.45) is 8.58. The van der Waals surface area contributed by atoms with Crippen LogP contribution in [0.5, 0.6) is 0 Å². The molecule has 0 N–H and O–H groups in total. The van der Waals surface area contributed by atoms with Gasteiger partial charge in [-0.1, -0.05) is 12.1 Å². The molecule has 0 unspecified atom stereocenters. The lowest BCUT2D eigenvalue weighted by Crippen LogP contribution is -2.29. The standard InChI is InChI=1S/C17H20N2S2/c1-3-17(21-13-1)15-6-11-19(12-7-15)10-2-14-20-16-4-8-18-9-5-16/h1,3-6,8-9,13H,2,7,10-12,14H2. The van der Waals surface area contributed by atoms with Gasteiger partial charge >= 0.3 is 0 Å². The Morgan fingerprint density at radius 2 is 2.14 bits per heavy atom. The summed E-state index contributed by atoms with van der Waals surface area (Å²) in [6.45, 7) is 3.50. The molecule has 0 amide bonds. The number of aromatic nitrogens is 1. The summed E-state index contributed by atoms with van der Waals surface area (Å²) in [4.78, 5) is 9.38. The molecule has 2 nitrogen and oxygen atoms in total. The van der Waals surface area contributed by atoms with E-state index in [0.29, 0.717) is 0 Å². The highest BCUT2D eigenvalue weighted by Crippen LogP contribution is 2.26. The molecule has 0 fully saturated rings. The fourth-order valence-electron chi connectivity index (χ4n) is 2.51. The topological polar surface area (TPSA) is 16.1 Å². The van der Waals surface area contributed by atoms with Gasteiger partial charge in [0.15, 0.2) is 0 Å². The molecule has 0 bridgehead atoms. The van der Waals surface area contributed by atoms with Crippen molar-refractivity contribution in [3.8, 4) is 0 Å². The van der Waals surface area contributed by atoms with Crippen LogP contribution in [0, 0.1) is 0 Å².